The molecular formula is C17H19N3O2. The van der Waals surface area contributed by atoms with Gasteiger partial charge in [-0.15, -0.1) is 0 Å². The maximum Gasteiger partial charge on any atom is 0.254 e. The smallest absolute Gasteiger partial charge is 0.254 e. The second-order valence-electron chi connectivity index (χ2n) is 6.03. The average molecular weight is 297 g/mol. The molecular weight excluding hydrogens is 278 g/mol. The minimum atomic E-state index is 0.0969. The number of hydrogen-bond acceptors (Lipinski definition) is 3. The zero-order chi connectivity index (χ0) is 15.1. The maximum absolute atomic E-state index is 12.8. The molecule has 5 nitrogen and oxygen atoms in total. The summed E-state index contributed by atoms with van der Waals surface area (Å²) in [6, 6.07) is 5.80. The molecule has 0 spiro atoms. The third-order valence-electron chi connectivity index (χ3n) is 4.57. The fraction of sp³-hybridized carbons (Fsp3) is 0.412. The number of hydrogen-bond donors (Lipinski definition) is 1. The highest BCUT2D eigenvalue weighted by molar-refractivity contribution is 5.94. The number of aromatic amines is 1. The van der Waals surface area contributed by atoms with Gasteiger partial charge in [-0.1, -0.05) is 0 Å². The van der Waals surface area contributed by atoms with Gasteiger partial charge >= 0.3 is 0 Å². The molecule has 1 aromatic heterocycles. The van der Waals surface area contributed by atoms with Crippen molar-refractivity contribution in [1.82, 2.24) is 15.1 Å². The van der Waals surface area contributed by atoms with Gasteiger partial charge in [0.05, 0.1) is 12.3 Å². The summed E-state index contributed by atoms with van der Waals surface area (Å²) in [5.74, 6) is 1.02. The van der Waals surface area contributed by atoms with Gasteiger partial charge in [0.1, 0.15) is 5.75 Å². The third kappa shape index (κ3) is 2.17. The van der Waals surface area contributed by atoms with Crippen LogP contribution in [0.1, 0.15) is 39.3 Å². The highest BCUT2D eigenvalue weighted by atomic mass is 16.5. The number of fused-ring (bicyclic) bond motifs is 2. The molecule has 0 aliphatic carbocycles. The van der Waals surface area contributed by atoms with E-state index in [1.54, 1.807) is 0 Å². The molecule has 0 radical (unpaired) electrons. The van der Waals surface area contributed by atoms with Crippen molar-refractivity contribution in [2.45, 2.75) is 32.7 Å². The normalized spacial score (nSPS) is 16.7. The van der Waals surface area contributed by atoms with Gasteiger partial charge in [0.2, 0.25) is 0 Å². The molecule has 5 heteroatoms. The van der Waals surface area contributed by atoms with Crippen molar-refractivity contribution >= 4 is 5.91 Å². The van der Waals surface area contributed by atoms with Crippen LogP contribution in [0.25, 0.3) is 0 Å². The Morgan fingerprint density at radius 2 is 2.27 bits per heavy atom. The number of nitrogens with one attached hydrogen (secondary N) is 1. The second-order valence-corrected chi connectivity index (χ2v) is 6.03. The molecule has 0 unspecified atom stereocenters. The van der Waals surface area contributed by atoms with Crippen LogP contribution in [0.5, 0.6) is 5.75 Å². The minimum Gasteiger partial charge on any atom is -0.493 e. The number of rotatable bonds is 1. The van der Waals surface area contributed by atoms with Crippen LogP contribution in [-0.4, -0.2) is 34.2 Å². The Balaban J connectivity index is 1.59. The molecule has 4 rings (SSSR count). The van der Waals surface area contributed by atoms with Crippen molar-refractivity contribution < 1.29 is 9.53 Å². The monoisotopic (exact) mass is 297 g/mol. The quantitative estimate of drug-likeness (QED) is 0.878. The molecule has 0 saturated heterocycles. The largest absolute Gasteiger partial charge is 0.493 e. The van der Waals surface area contributed by atoms with Gasteiger partial charge in [0.15, 0.2) is 0 Å². The topological polar surface area (TPSA) is 58.2 Å². The van der Waals surface area contributed by atoms with Gasteiger partial charge in [0, 0.05) is 36.3 Å². The molecule has 0 bridgehead atoms. The highest BCUT2D eigenvalue weighted by Gasteiger charge is 2.25. The van der Waals surface area contributed by atoms with Crippen molar-refractivity contribution in [1.29, 1.82) is 0 Å². The van der Waals surface area contributed by atoms with Gasteiger partial charge < -0.3 is 9.64 Å². The summed E-state index contributed by atoms with van der Waals surface area (Å²) in [6.07, 6.45) is 2.83. The van der Waals surface area contributed by atoms with E-state index in [1.165, 1.54) is 5.56 Å². The van der Waals surface area contributed by atoms with E-state index >= 15 is 0 Å². The average Bonchev–Trinajstić information content (AvgIpc) is 2.94. The Morgan fingerprint density at radius 3 is 3.18 bits per heavy atom. The van der Waals surface area contributed by atoms with Crippen molar-refractivity contribution in [2.75, 3.05) is 13.2 Å². The van der Waals surface area contributed by atoms with E-state index in [-0.39, 0.29) is 5.91 Å². The van der Waals surface area contributed by atoms with Gasteiger partial charge in [-0.25, -0.2) is 0 Å². The van der Waals surface area contributed by atoms with Crippen LogP contribution in [0.3, 0.4) is 0 Å². The predicted molar refractivity (Wildman–Crippen MR) is 82.0 cm³/mol. The fourth-order valence-corrected chi connectivity index (χ4v) is 3.28. The number of aromatic nitrogens is 2. The highest BCUT2D eigenvalue weighted by Crippen LogP contribution is 2.27. The Morgan fingerprint density at radius 1 is 1.36 bits per heavy atom. The number of H-pyrrole nitrogens is 1. The Kier molecular flexibility index (Phi) is 3.13. The maximum atomic E-state index is 12.8. The van der Waals surface area contributed by atoms with Gasteiger partial charge in [-0.2, -0.15) is 5.10 Å². The van der Waals surface area contributed by atoms with E-state index in [0.717, 1.165) is 60.7 Å². The van der Waals surface area contributed by atoms with Crippen LogP contribution in [0.4, 0.5) is 0 Å². The lowest BCUT2D eigenvalue weighted by Crippen LogP contribution is -2.36. The first-order chi connectivity index (χ1) is 10.7. The number of carbonyl (C=O) groups excluding carboxylic acids is 1. The number of amides is 1. The van der Waals surface area contributed by atoms with Gasteiger partial charge in [-0.05, 0) is 43.5 Å². The van der Waals surface area contributed by atoms with Crippen LogP contribution in [0, 0.1) is 6.92 Å². The SMILES string of the molecule is Cc1[nH]nc2c1CN(C(=O)c1ccc3c(c1)CCCO3)CC2. The lowest BCUT2D eigenvalue weighted by atomic mass is 10.0. The lowest BCUT2D eigenvalue weighted by Gasteiger charge is -2.27. The molecule has 0 atom stereocenters. The molecule has 22 heavy (non-hydrogen) atoms. The molecule has 1 aromatic carbocycles. The minimum absolute atomic E-state index is 0.0969. The Hall–Kier alpha value is -2.30. The van der Waals surface area contributed by atoms with Gasteiger partial charge in [-0.3, -0.25) is 9.89 Å². The number of aryl methyl sites for hydroxylation is 2. The van der Waals surface area contributed by atoms with Crippen molar-refractivity contribution in [3.8, 4) is 5.75 Å². The molecule has 3 heterocycles. The fourth-order valence-electron chi connectivity index (χ4n) is 3.28. The summed E-state index contributed by atoms with van der Waals surface area (Å²) < 4.78 is 5.62. The molecule has 0 fully saturated rings. The van der Waals surface area contributed by atoms with Crippen LogP contribution >= 0.6 is 0 Å². The van der Waals surface area contributed by atoms with E-state index in [2.05, 4.69) is 10.2 Å². The first-order valence-corrected chi connectivity index (χ1v) is 7.80. The van der Waals surface area contributed by atoms with E-state index in [1.807, 2.05) is 30.0 Å². The Labute approximate surface area is 129 Å². The summed E-state index contributed by atoms with van der Waals surface area (Å²) in [5, 5.41) is 7.32. The van der Waals surface area contributed by atoms with Crippen LogP contribution in [0.2, 0.25) is 0 Å². The number of benzene rings is 1. The molecule has 0 saturated carbocycles. The van der Waals surface area contributed by atoms with Crippen LogP contribution in [-0.2, 0) is 19.4 Å². The summed E-state index contributed by atoms with van der Waals surface area (Å²) in [6.45, 7) is 4.15. The van der Waals surface area contributed by atoms with Gasteiger partial charge in [0.25, 0.3) is 5.91 Å². The molecule has 2 aliphatic rings. The zero-order valence-electron chi connectivity index (χ0n) is 12.7. The first kappa shape index (κ1) is 13.4. The standard InChI is InChI=1S/C17H19N3O2/c1-11-14-10-20(7-6-15(14)19-18-11)17(21)13-4-5-16-12(9-13)3-2-8-22-16/h4-5,9H,2-3,6-8,10H2,1H3,(H,18,19). The zero-order valence-corrected chi connectivity index (χ0v) is 12.7. The van der Waals surface area contributed by atoms with E-state index in [0.29, 0.717) is 6.54 Å². The van der Waals surface area contributed by atoms with E-state index in [9.17, 15) is 4.79 Å². The second kappa shape index (κ2) is 5.16. The van der Waals surface area contributed by atoms with Crippen molar-refractivity contribution in [2.24, 2.45) is 0 Å². The summed E-state index contributed by atoms with van der Waals surface area (Å²) in [4.78, 5) is 14.7. The molecule has 1 amide bonds. The molecule has 114 valence electrons. The van der Waals surface area contributed by atoms with E-state index < -0.39 is 0 Å². The molecule has 1 N–H and O–H groups in total. The van der Waals surface area contributed by atoms with Crippen molar-refractivity contribution in [3.63, 3.8) is 0 Å². The predicted octanol–water partition coefficient (Wildman–Crippen LogP) is 2.24. The van der Waals surface area contributed by atoms with E-state index in [4.69, 9.17) is 4.74 Å². The summed E-state index contributed by atoms with van der Waals surface area (Å²) >= 11 is 0. The first-order valence-electron chi connectivity index (χ1n) is 7.80. The Bertz CT molecular complexity index is 736. The third-order valence-corrected chi connectivity index (χ3v) is 4.57. The van der Waals surface area contributed by atoms with Crippen molar-refractivity contribution in [3.05, 3.63) is 46.3 Å². The van der Waals surface area contributed by atoms with Crippen LogP contribution in [0.15, 0.2) is 18.2 Å². The summed E-state index contributed by atoms with van der Waals surface area (Å²) in [7, 11) is 0. The number of nitrogens with zero attached hydrogens (tertiary/aromatic N) is 2. The van der Waals surface area contributed by atoms with Crippen LogP contribution < -0.4 is 4.74 Å². The number of ether oxygens (including phenoxy) is 1. The summed E-state index contributed by atoms with van der Waals surface area (Å²) in [5.41, 5.74) is 5.23. The lowest BCUT2D eigenvalue weighted by molar-refractivity contribution is 0.0734. The molecule has 2 aliphatic heterocycles. The molecule has 2 aromatic rings. The number of carbonyl (C=O) groups is 1.